The van der Waals surface area contributed by atoms with E-state index in [0.29, 0.717) is 17.0 Å². The number of benzene rings is 2. The number of hydrogen-bond donors (Lipinski definition) is 1. The summed E-state index contributed by atoms with van der Waals surface area (Å²) in [4.78, 5) is 0. The lowest BCUT2D eigenvalue weighted by molar-refractivity contribution is 0.521. The SMILES string of the molecule is CCNC(Cc1ccc(F)cc1F)c1ccc(Cl)cc1. The summed E-state index contributed by atoms with van der Waals surface area (Å²) in [7, 11) is 0. The Kier molecular flexibility index (Phi) is 5.10. The van der Waals surface area contributed by atoms with Crippen LogP contribution in [0.1, 0.15) is 24.1 Å². The van der Waals surface area contributed by atoms with Gasteiger partial charge in [-0.25, -0.2) is 8.78 Å². The van der Waals surface area contributed by atoms with Crippen LogP contribution in [0.15, 0.2) is 42.5 Å². The number of nitrogens with one attached hydrogen (secondary N) is 1. The third-order valence-electron chi connectivity index (χ3n) is 3.16. The Morgan fingerprint density at radius 2 is 1.80 bits per heavy atom. The van der Waals surface area contributed by atoms with Crippen molar-refractivity contribution in [1.29, 1.82) is 0 Å². The first-order chi connectivity index (χ1) is 9.60. The summed E-state index contributed by atoms with van der Waals surface area (Å²) < 4.78 is 26.7. The first-order valence-corrected chi connectivity index (χ1v) is 6.90. The van der Waals surface area contributed by atoms with E-state index in [4.69, 9.17) is 11.6 Å². The zero-order valence-electron chi connectivity index (χ0n) is 11.2. The lowest BCUT2D eigenvalue weighted by Crippen LogP contribution is -2.23. The van der Waals surface area contributed by atoms with E-state index in [1.54, 1.807) is 0 Å². The normalized spacial score (nSPS) is 12.4. The highest BCUT2D eigenvalue weighted by Gasteiger charge is 2.14. The predicted octanol–water partition coefficient (Wildman–Crippen LogP) is 4.51. The quantitative estimate of drug-likeness (QED) is 0.855. The summed E-state index contributed by atoms with van der Waals surface area (Å²) in [5.74, 6) is -1.07. The van der Waals surface area contributed by atoms with E-state index in [2.05, 4.69) is 5.32 Å². The lowest BCUT2D eigenvalue weighted by Gasteiger charge is -2.19. The molecule has 106 valence electrons. The summed E-state index contributed by atoms with van der Waals surface area (Å²) in [5, 5.41) is 3.97. The third kappa shape index (κ3) is 3.78. The molecule has 2 aromatic carbocycles. The summed E-state index contributed by atoms with van der Waals surface area (Å²) in [6, 6.07) is 11.1. The van der Waals surface area contributed by atoms with Crippen LogP contribution >= 0.6 is 11.6 Å². The highest BCUT2D eigenvalue weighted by Crippen LogP contribution is 2.22. The van der Waals surface area contributed by atoms with Crippen molar-refractivity contribution in [3.8, 4) is 0 Å². The van der Waals surface area contributed by atoms with Crippen LogP contribution in [0.5, 0.6) is 0 Å². The van der Waals surface area contributed by atoms with Gasteiger partial charge >= 0.3 is 0 Å². The fourth-order valence-corrected chi connectivity index (χ4v) is 2.28. The maximum absolute atomic E-state index is 13.7. The molecule has 1 N–H and O–H groups in total. The monoisotopic (exact) mass is 295 g/mol. The Labute approximate surface area is 122 Å². The van der Waals surface area contributed by atoms with E-state index in [9.17, 15) is 8.78 Å². The van der Waals surface area contributed by atoms with E-state index < -0.39 is 11.6 Å². The average Bonchev–Trinajstić information content (AvgIpc) is 2.42. The predicted molar refractivity (Wildman–Crippen MR) is 77.9 cm³/mol. The molecule has 0 amide bonds. The second-order valence-electron chi connectivity index (χ2n) is 4.60. The van der Waals surface area contributed by atoms with Gasteiger partial charge < -0.3 is 5.32 Å². The Bertz CT molecular complexity index is 569. The molecule has 0 saturated heterocycles. The van der Waals surface area contributed by atoms with Gasteiger partial charge in [-0.2, -0.15) is 0 Å². The minimum absolute atomic E-state index is 0.0303. The van der Waals surface area contributed by atoms with Crippen LogP contribution in [-0.4, -0.2) is 6.54 Å². The van der Waals surface area contributed by atoms with Gasteiger partial charge in [-0.3, -0.25) is 0 Å². The van der Waals surface area contributed by atoms with E-state index >= 15 is 0 Å². The second kappa shape index (κ2) is 6.82. The van der Waals surface area contributed by atoms with Crippen molar-refractivity contribution in [2.75, 3.05) is 6.54 Å². The summed E-state index contributed by atoms with van der Waals surface area (Å²) >= 11 is 5.87. The molecule has 0 saturated carbocycles. The molecule has 2 aromatic rings. The van der Waals surface area contributed by atoms with Gasteiger partial charge in [0, 0.05) is 17.1 Å². The fraction of sp³-hybridized carbons (Fsp3) is 0.250. The fourth-order valence-electron chi connectivity index (χ4n) is 2.16. The zero-order valence-corrected chi connectivity index (χ0v) is 11.9. The Morgan fingerprint density at radius 3 is 2.40 bits per heavy atom. The average molecular weight is 296 g/mol. The molecule has 0 bridgehead atoms. The largest absolute Gasteiger partial charge is 0.310 e. The Hall–Kier alpha value is -1.45. The molecule has 20 heavy (non-hydrogen) atoms. The molecule has 0 aliphatic carbocycles. The van der Waals surface area contributed by atoms with Crippen LogP contribution in [0.2, 0.25) is 5.02 Å². The minimum atomic E-state index is -0.558. The molecular weight excluding hydrogens is 280 g/mol. The van der Waals surface area contributed by atoms with Crippen LogP contribution in [-0.2, 0) is 6.42 Å². The van der Waals surface area contributed by atoms with Gasteiger partial charge in [-0.15, -0.1) is 0 Å². The number of likely N-dealkylation sites (N-methyl/N-ethyl adjacent to an activating group) is 1. The molecule has 4 heteroatoms. The van der Waals surface area contributed by atoms with Crippen molar-refractivity contribution in [2.24, 2.45) is 0 Å². The van der Waals surface area contributed by atoms with Gasteiger partial charge in [-0.1, -0.05) is 36.7 Å². The molecule has 0 aliphatic heterocycles. The van der Waals surface area contributed by atoms with Gasteiger partial charge in [0.2, 0.25) is 0 Å². The van der Waals surface area contributed by atoms with E-state index in [-0.39, 0.29) is 6.04 Å². The van der Waals surface area contributed by atoms with Crippen molar-refractivity contribution in [2.45, 2.75) is 19.4 Å². The standard InChI is InChI=1S/C16H16ClF2N/c1-2-20-16(11-3-6-13(17)7-4-11)9-12-5-8-14(18)10-15(12)19/h3-8,10,16,20H,2,9H2,1H3. The summed E-state index contributed by atoms with van der Waals surface area (Å²) in [5.41, 5.74) is 1.52. The Balaban J connectivity index is 2.22. The first kappa shape index (κ1) is 14.9. The molecule has 2 rings (SSSR count). The smallest absolute Gasteiger partial charge is 0.129 e. The molecular formula is C16H16ClF2N. The maximum Gasteiger partial charge on any atom is 0.129 e. The molecule has 0 aliphatic rings. The molecule has 0 aromatic heterocycles. The highest BCUT2D eigenvalue weighted by molar-refractivity contribution is 6.30. The van der Waals surface area contributed by atoms with Crippen LogP contribution in [0.3, 0.4) is 0 Å². The number of halogens is 3. The van der Waals surface area contributed by atoms with E-state index in [1.807, 2.05) is 31.2 Å². The van der Waals surface area contributed by atoms with Gasteiger partial charge in [0.25, 0.3) is 0 Å². The number of rotatable bonds is 5. The van der Waals surface area contributed by atoms with Crippen LogP contribution in [0.4, 0.5) is 8.78 Å². The summed E-state index contributed by atoms with van der Waals surface area (Å²) in [6.45, 7) is 2.75. The van der Waals surface area contributed by atoms with Crippen LogP contribution in [0, 0.1) is 11.6 Å². The van der Waals surface area contributed by atoms with Crippen molar-refractivity contribution in [3.63, 3.8) is 0 Å². The third-order valence-corrected chi connectivity index (χ3v) is 3.41. The van der Waals surface area contributed by atoms with Crippen molar-refractivity contribution in [1.82, 2.24) is 5.32 Å². The van der Waals surface area contributed by atoms with E-state index in [1.165, 1.54) is 12.1 Å². The van der Waals surface area contributed by atoms with Crippen molar-refractivity contribution in [3.05, 3.63) is 70.2 Å². The van der Waals surface area contributed by atoms with Crippen LogP contribution in [0.25, 0.3) is 0 Å². The second-order valence-corrected chi connectivity index (χ2v) is 5.04. The molecule has 0 spiro atoms. The molecule has 0 radical (unpaired) electrons. The molecule has 1 unspecified atom stereocenters. The highest BCUT2D eigenvalue weighted by atomic mass is 35.5. The maximum atomic E-state index is 13.7. The van der Waals surface area contributed by atoms with E-state index in [0.717, 1.165) is 18.2 Å². The summed E-state index contributed by atoms with van der Waals surface area (Å²) in [6.07, 6.45) is 0.460. The van der Waals surface area contributed by atoms with Gasteiger partial charge in [-0.05, 0) is 42.3 Å². The Morgan fingerprint density at radius 1 is 1.10 bits per heavy atom. The zero-order chi connectivity index (χ0) is 14.5. The van der Waals surface area contributed by atoms with Gasteiger partial charge in [0.15, 0.2) is 0 Å². The first-order valence-electron chi connectivity index (χ1n) is 6.53. The lowest BCUT2D eigenvalue weighted by atomic mass is 9.98. The molecule has 0 heterocycles. The van der Waals surface area contributed by atoms with Crippen LogP contribution < -0.4 is 5.32 Å². The topological polar surface area (TPSA) is 12.0 Å². The minimum Gasteiger partial charge on any atom is -0.310 e. The van der Waals surface area contributed by atoms with Crippen molar-refractivity contribution >= 4 is 11.6 Å². The number of hydrogen-bond acceptors (Lipinski definition) is 1. The van der Waals surface area contributed by atoms with Crippen molar-refractivity contribution < 1.29 is 8.78 Å². The molecule has 0 fully saturated rings. The van der Waals surface area contributed by atoms with Gasteiger partial charge in [0.05, 0.1) is 0 Å². The van der Waals surface area contributed by atoms with Gasteiger partial charge in [0.1, 0.15) is 11.6 Å². The molecule has 1 atom stereocenters. The molecule has 1 nitrogen and oxygen atoms in total.